The Kier molecular flexibility index (Phi) is 3.26. The van der Waals surface area contributed by atoms with Crippen LogP contribution < -0.4 is 5.32 Å². The van der Waals surface area contributed by atoms with Gasteiger partial charge >= 0.3 is 0 Å². The van der Waals surface area contributed by atoms with E-state index in [0.29, 0.717) is 5.41 Å². The Labute approximate surface area is 91.0 Å². The molecule has 0 aromatic carbocycles. The SMILES string of the molecule is COCC(=O)N1CC[C@@]2(CCCNC2)C1. The van der Waals surface area contributed by atoms with Crippen molar-refractivity contribution in [2.24, 2.45) is 5.41 Å². The molecule has 4 heteroatoms. The van der Waals surface area contributed by atoms with Crippen LogP contribution in [-0.2, 0) is 9.53 Å². The van der Waals surface area contributed by atoms with Gasteiger partial charge in [-0.15, -0.1) is 0 Å². The van der Waals surface area contributed by atoms with Gasteiger partial charge in [0.1, 0.15) is 6.61 Å². The van der Waals surface area contributed by atoms with Crippen LogP contribution in [0.2, 0.25) is 0 Å². The number of carbonyl (C=O) groups is 1. The Hall–Kier alpha value is -0.610. The third-order valence-electron chi connectivity index (χ3n) is 3.62. The first-order chi connectivity index (χ1) is 7.26. The predicted molar refractivity (Wildman–Crippen MR) is 57.6 cm³/mol. The van der Waals surface area contributed by atoms with Crippen LogP contribution in [0.25, 0.3) is 0 Å². The van der Waals surface area contributed by atoms with Crippen molar-refractivity contribution in [2.75, 3.05) is 39.9 Å². The van der Waals surface area contributed by atoms with Gasteiger partial charge in [0, 0.05) is 32.2 Å². The monoisotopic (exact) mass is 212 g/mol. The molecule has 0 aliphatic carbocycles. The molecule has 2 aliphatic heterocycles. The number of piperidine rings is 1. The standard InChI is InChI=1S/C11H20N2O2/c1-15-7-10(14)13-6-4-11(9-13)3-2-5-12-8-11/h12H,2-9H2,1H3/t11-/m1/s1. The second-order valence-corrected chi connectivity index (χ2v) is 4.78. The maximum atomic E-state index is 11.7. The highest BCUT2D eigenvalue weighted by atomic mass is 16.5. The maximum Gasteiger partial charge on any atom is 0.248 e. The highest BCUT2D eigenvalue weighted by molar-refractivity contribution is 5.77. The van der Waals surface area contributed by atoms with E-state index >= 15 is 0 Å². The summed E-state index contributed by atoms with van der Waals surface area (Å²) in [6.45, 7) is 4.26. The fraction of sp³-hybridized carbons (Fsp3) is 0.909. The van der Waals surface area contributed by atoms with E-state index < -0.39 is 0 Å². The molecule has 0 bridgehead atoms. The molecule has 15 heavy (non-hydrogen) atoms. The molecule has 0 aromatic rings. The summed E-state index contributed by atoms with van der Waals surface area (Å²) in [5.74, 6) is 0.139. The summed E-state index contributed by atoms with van der Waals surface area (Å²) in [6, 6.07) is 0. The number of ether oxygens (including phenoxy) is 1. The van der Waals surface area contributed by atoms with E-state index in [1.807, 2.05) is 4.90 Å². The first kappa shape index (κ1) is 10.9. The normalized spacial score (nSPS) is 31.1. The number of hydrogen-bond donors (Lipinski definition) is 1. The van der Waals surface area contributed by atoms with Crippen LogP contribution in [0.15, 0.2) is 0 Å². The van der Waals surface area contributed by atoms with Crippen LogP contribution in [0, 0.1) is 5.41 Å². The fourth-order valence-corrected chi connectivity index (χ4v) is 2.74. The van der Waals surface area contributed by atoms with Crippen LogP contribution in [0.4, 0.5) is 0 Å². The minimum absolute atomic E-state index is 0.139. The lowest BCUT2D eigenvalue weighted by Gasteiger charge is -2.33. The average Bonchev–Trinajstić information content (AvgIpc) is 2.64. The number of hydrogen-bond acceptors (Lipinski definition) is 3. The quantitative estimate of drug-likeness (QED) is 0.712. The Bertz CT molecular complexity index is 237. The van der Waals surface area contributed by atoms with Gasteiger partial charge < -0.3 is 15.0 Å². The summed E-state index contributed by atoms with van der Waals surface area (Å²) in [7, 11) is 1.58. The summed E-state index contributed by atoms with van der Waals surface area (Å²) in [6.07, 6.45) is 3.65. The van der Waals surface area contributed by atoms with Gasteiger partial charge in [-0.05, 0) is 25.8 Å². The largest absolute Gasteiger partial charge is 0.375 e. The lowest BCUT2D eigenvalue weighted by molar-refractivity contribution is -0.134. The van der Waals surface area contributed by atoms with Gasteiger partial charge in [0.2, 0.25) is 5.91 Å². The van der Waals surface area contributed by atoms with Crippen LogP contribution in [0.3, 0.4) is 0 Å². The first-order valence-electron chi connectivity index (χ1n) is 5.73. The summed E-state index contributed by atoms with van der Waals surface area (Å²) >= 11 is 0. The first-order valence-corrected chi connectivity index (χ1v) is 5.73. The number of nitrogens with zero attached hydrogens (tertiary/aromatic N) is 1. The lowest BCUT2D eigenvalue weighted by atomic mass is 9.80. The molecular formula is C11H20N2O2. The Balaban J connectivity index is 1.90. The summed E-state index contributed by atoms with van der Waals surface area (Å²) < 4.78 is 4.88. The highest BCUT2D eigenvalue weighted by Crippen LogP contribution is 2.36. The van der Waals surface area contributed by atoms with Crippen molar-refractivity contribution >= 4 is 5.91 Å². The molecule has 4 nitrogen and oxygen atoms in total. The van der Waals surface area contributed by atoms with E-state index in [9.17, 15) is 4.79 Å². The van der Waals surface area contributed by atoms with Gasteiger partial charge in [-0.1, -0.05) is 0 Å². The van der Waals surface area contributed by atoms with Crippen molar-refractivity contribution in [1.82, 2.24) is 10.2 Å². The van der Waals surface area contributed by atoms with Gasteiger partial charge in [0.05, 0.1) is 0 Å². The van der Waals surface area contributed by atoms with E-state index in [1.165, 1.54) is 12.8 Å². The second kappa shape index (κ2) is 4.49. The molecule has 2 saturated heterocycles. The van der Waals surface area contributed by atoms with Gasteiger partial charge in [0.25, 0.3) is 0 Å². The third kappa shape index (κ3) is 2.32. The van der Waals surface area contributed by atoms with Crippen LogP contribution in [0.5, 0.6) is 0 Å². The zero-order valence-electron chi connectivity index (χ0n) is 9.42. The number of methoxy groups -OCH3 is 1. The number of carbonyl (C=O) groups excluding carboxylic acids is 1. The van der Waals surface area contributed by atoms with E-state index in [-0.39, 0.29) is 12.5 Å². The molecule has 2 fully saturated rings. The zero-order valence-corrected chi connectivity index (χ0v) is 9.42. The van der Waals surface area contributed by atoms with E-state index in [2.05, 4.69) is 5.32 Å². The third-order valence-corrected chi connectivity index (χ3v) is 3.62. The molecule has 0 unspecified atom stereocenters. The van der Waals surface area contributed by atoms with Gasteiger partial charge in [0.15, 0.2) is 0 Å². The summed E-state index contributed by atoms with van der Waals surface area (Å²) in [5, 5.41) is 3.44. The molecule has 1 atom stereocenters. The summed E-state index contributed by atoms with van der Waals surface area (Å²) in [4.78, 5) is 13.6. The molecule has 2 aliphatic rings. The van der Waals surface area contributed by atoms with Crippen LogP contribution in [0.1, 0.15) is 19.3 Å². The Morgan fingerprint density at radius 1 is 1.53 bits per heavy atom. The maximum absolute atomic E-state index is 11.7. The second-order valence-electron chi connectivity index (χ2n) is 4.78. The van der Waals surface area contributed by atoms with Crippen molar-refractivity contribution < 1.29 is 9.53 Å². The van der Waals surface area contributed by atoms with Gasteiger partial charge in [-0.2, -0.15) is 0 Å². The van der Waals surface area contributed by atoms with Crippen molar-refractivity contribution in [2.45, 2.75) is 19.3 Å². The van der Waals surface area contributed by atoms with Crippen LogP contribution in [-0.4, -0.2) is 50.7 Å². The molecule has 2 heterocycles. The van der Waals surface area contributed by atoms with Crippen molar-refractivity contribution in [3.8, 4) is 0 Å². The van der Waals surface area contributed by atoms with Gasteiger partial charge in [-0.3, -0.25) is 4.79 Å². The molecule has 86 valence electrons. The van der Waals surface area contributed by atoms with E-state index in [0.717, 1.165) is 32.6 Å². The lowest BCUT2D eigenvalue weighted by Crippen LogP contribution is -2.43. The topological polar surface area (TPSA) is 41.6 Å². The van der Waals surface area contributed by atoms with E-state index in [4.69, 9.17) is 4.74 Å². The zero-order chi connectivity index (χ0) is 10.7. The number of likely N-dealkylation sites (tertiary alicyclic amines) is 1. The summed E-state index contributed by atoms with van der Waals surface area (Å²) in [5.41, 5.74) is 0.363. The average molecular weight is 212 g/mol. The fourth-order valence-electron chi connectivity index (χ4n) is 2.74. The van der Waals surface area contributed by atoms with Crippen molar-refractivity contribution in [3.05, 3.63) is 0 Å². The molecule has 1 N–H and O–H groups in total. The van der Waals surface area contributed by atoms with Gasteiger partial charge in [-0.25, -0.2) is 0 Å². The molecule has 0 aromatic heterocycles. The number of nitrogens with one attached hydrogen (secondary N) is 1. The Morgan fingerprint density at radius 2 is 2.40 bits per heavy atom. The number of amides is 1. The minimum Gasteiger partial charge on any atom is -0.375 e. The highest BCUT2D eigenvalue weighted by Gasteiger charge is 2.40. The molecule has 1 amide bonds. The smallest absolute Gasteiger partial charge is 0.248 e. The molecule has 2 rings (SSSR count). The molecular weight excluding hydrogens is 192 g/mol. The van der Waals surface area contributed by atoms with Crippen molar-refractivity contribution in [1.29, 1.82) is 0 Å². The molecule has 0 saturated carbocycles. The van der Waals surface area contributed by atoms with Crippen molar-refractivity contribution in [3.63, 3.8) is 0 Å². The molecule has 0 radical (unpaired) electrons. The van der Waals surface area contributed by atoms with Crippen LogP contribution >= 0.6 is 0 Å². The van der Waals surface area contributed by atoms with E-state index in [1.54, 1.807) is 7.11 Å². The Morgan fingerprint density at radius 3 is 3.07 bits per heavy atom. The molecule has 1 spiro atoms. The minimum atomic E-state index is 0.139. The predicted octanol–water partition coefficient (Wildman–Crippen LogP) is 0.235. The number of rotatable bonds is 2.